The van der Waals surface area contributed by atoms with Crippen LogP contribution >= 0.6 is 0 Å². The summed E-state index contributed by atoms with van der Waals surface area (Å²) in [6.07, 6.45) is 2.50. The van der Waals surface area contributed by atoms with E-state index in [-0.39, 0.29) is 23.6 Å². The number of hydrogen-bond donors (Lipinski definition) is 1. The predicted molar refractivity (Wildman–Crippen MR) is 101 cm³/mol. The smallest absolute Gasteiger partial charge is 0.307 e. The molecule has 1 spiro atoms. The Morgan fingerprint density at radius 2 is 2.14 bits per heavy atom. The zero-order valence-electron chi connectivity index (χ0n) is 15.3. The lowest BCUT2D eigenvalue weighted by Crippen LogP contribution is -2.36. The van der Waals surface area contributed by atoms with Gasteiger partial charge in [-0.05, 0) is 36.8 Å². The Morgan fingerprint density at radius 1 is 1.36 bits per heavy atom. The van der Waals surface area contributed by atoms with Crippen molar-refractivity contribution in [1.82, 2.24) is 4.98 Å². The summed E-state index contributed by atoms with van der Waals surface area (Å²) in [5, 5.41) is 9.21. The highest BCUT2D eigenvalue weighted by molar-refractivity contribution is 5.75. The second-order valence-corrected chi connectivity index (χ2v) is 7.45. The lowest BCUT2D eigenvalue weighted by atomic mass is 9.91. The summed E-state index contributed by atoms with van der Waals surface area (Å²) >= 11 is 0. The van der Waals surface area contributed by atoms with Crippen LogP contribution < -0.4 is 9.64 Å². The van der Waals surface area contributed by atoms with E-state index in [0.29, 0.717) is 11.4 Å². The third-order valence-electron chi connectivity index (χ3n) is 5.82. The largest absolute Gasteiger partial charge is 0.481 e. The van der Waals surface area contributed by atoms with Crippen LogP contribution in [0.25, 0.3) is 4.85 Å². The van der Waals surface area contributed by atoms with E-state index in [1.165, 1.54) is 6.07 Å². The quantitative estimate of drug-likeness (QED) is 0.792. The number of piperidine rings is 1. The first kappa shape index (κ1) is 18.2. The number of aromatic nitrogens is 1. The first-order valence-corrected chi connectivity index (χ1v) is 9.24. The van der Waals surface area contributed by atoms with E-state index in [1.54, 1.807) is 18.2 Å². The maximum Gasteiger partial charge on any atom is 0.307 e. The third kappa shape index (κ3) is 3.50. The molecule has 7 heteroatoms. The van der Waals surface area contributed by atoms with Crippen LogP contribution in [0.4, 0.5) is 15.9 Å². The maximum absolute atomic E-state index is 14.0. The van der Waals surface area contributed by atoms with Crippen LogP contribution in [0, 0.1) is 23.7 Å². The normalized spacial score (nSPS) is 19.9. The van der Waals surface area contributed by atoms with E-state index < -0.39 is 11.8 Å². The van der Waals surface area contributed by atoms with Crippen molar-refractivity contribution in [1.29, 1.82) is 0 Å². The Hall–Kier alpha value is -3.14. The van der Waals surface area contributed by atoms with Crippen LogP contribution in [0.15, 0.2) is 36.4 Å². The van der Waals surface area contributed by atoms with E-state index in [4.69, 9.17) is 11.3 Å². The van der Waals surface area contributed by atoms with Crippen molar-refractivity contribution in [3.05, 3.63) is 59.2 Å². The number of rotatable bonds is 5. The Bertz CT molecular complexity index is 948. The van der Waals surface area contributed by atoms with Crippen LogP contribution in [0.1, 0.15) is 24.8 Å². The molecule has 1 aliphatic heterocycles. The summed E-state index contributed by atoms with van der Waals surface area (Å²) in [6.45, 7) is 8.49. The SMILES string of the molecule is [C-]#[N+]c1ccc(COc2cccc(N3CCC4(CC3)CC4C(=O)O)n2)c(F)c1. The highest BCUT2D eigenvalue weighted by atomic mass is 19.1. The number of pyridine rings is 1. The molecule has 2 heterocycles. The van der Waals surface area contributed by atoms with Gasteiger partial charge in [0.05, 0.1) is 12.5 Å². The number of benzene rings is 1. The summed E-state index contributed by atoms with van der Waals surface area (Å²) in [7, 11) is 0. The van der Waals surface area contributed by atoms with Gasteiger partial charge in [0.1, 0.15) is 18.2 Å². The van der Waals surface area contributed by atoms with Crippen LogP contribution in [0.3, 0.4) is 0 Å². The molecule has 2 fully saturated rings. The zero-order valence-corrected chi connectivity index (χ0v) is 15.3. The van der Waals surface area contributed by atoms with Crippen LogP contribution in [-0.2, 0) is 11.4 Å². The molecule has 1 saturated carbocycles. The Kier molecular flexibility index (Phi) is 4.63. The van der Waals surface area contributed by atoms with Gasteiger partial charge in [0.15, 0.2) is 5.69 Å². The lowest BCUT2D eigenvalue weighted by molar-refractivity contribution is -0.139. The van der Waals surface area contributed by atoms with E-state index in [2.05, 4.69) is 14.7 Å². The van der Waals surface area contributed by atoms with Gasteiger partial charge in [-0.25, -0.2) is 9.24 Å². The van der Waals surface area contributed by atoms with Crippen LogP contribution in [0.5, 0.6) is 5.88 Å². The minimum atomic E-state index is -0.682. The molecule has 6 nitrogen and oxygen atoms in total. The van der Waals surface area contributed by atoms with E-state index in [0.717, 1.165) is 38.2 Å². The highest BCUT2D eigenvalue weighted by Gasteiger charge is 2.58. The first-order valence-electron chi connectivity index (χ1n) is 9.24. The molecular formula is C21H20FN3O3. The minimum Gasteiger partial charge on any atom is -0.481 e. The number of carboxylic acid groups (broad SMARTS) is 1. The molecule has 0 amide bonds. The third-order valence-corrected chi connectivity index (χ3v) is 5.82. The predicted octanol–water partition coefficient (Wildman–Crippen LogP) is 4.04. The summed E-state index contributed by atoms with van der Waals surface area (Å²) in [4.78, 5) is 21.1. The molecule has 2 aromatic rings. The van der Waals surface area contributed by atoms with Crippen LogP contribution in [0.2, 0.25) is 0 Å². The average molecular weight is 381 g/mol. The van der Waals surface area contributed by atoms with Gasteiger partial charge < -0.3 is 14.7 Å². The van der Waals surface area contributed by atoms with Crippen molar-refractivity contribution in [2.45, 2.75) is 25.9 Å². The fourth-order valence-corrected chi connectivity index (χ4v) is 3.97. The molecular weight excluding hydrogens is 361 g/mol. The molecule has 1 aliphatic carbocycles. The molecule has 1 saturated heterocycles. The van der Waals surface area contributed by atoms with Crippen molar-refractivity contribution in [2.75, 3.05) is 18.0 Å². The number of halogens is 1. The molecule has 4 rings (SSSR count). The molecule has 1 N–H and O–H groups in total. The summed E-state index contributed by atoms with van der Waals surface area (Å²) in [6, 6.07) is 9.77. The van der Waals surface area contributed by atoms with Gasteiger partial charge in [0, 0.05) is 24.7 Å². The van der Waals surface area contributed by atoms with Gasteiger partial charge in [-0.15, -0.1) is 0 Å². The number of aliphatic carboxylic acids is 1. The molecule has 144 valence electrons. The van der Waals surface area contributed by atoms with Gasteiger partial charge in [-0.1, -0.05) is 18.2 Å². The molecule has 1 unspecified atom stereocenters. The van der Waals surface area contributed by atoms with Crippen LogP contribution in [-0.4, -0.2) is 29.1 Å². The molecule has 0 bridgehead atoms. The summed E-state index contributed by atoms with van der Waals surface area (Å²) < 4.78 is 19.6. The molecule has 1 aromatic carbocycles. The van der Waals surface area contributed by atoms with E-state index in [9.17, 15) is 14.3 Å². The number of carboxylic acids is 1. The maximum atomic E-state index is 14.0. The van der Waals surface area contributed by atoms with E-state index >= 15 is 0 Å². The average Bonchev–Trinajstić information content (AvgIpc) is 3.41. The number of ether oxygens (including phenoxy) is 1. The second kappa shape index (κ2) is 7.12. The Labute approximate surface area is 162 Å². The standard InChI is InChI=1S/C21H20FN3O3/c1-23-15-6-5-14(17(22)11-15)13-28-19-4-2-3-18(24-19)25-9-7-21(8-10-25)12-16(21)20(26)27/h2-6,11,16H,7-10,12-13H2,(H,26,27). The van der Waals surface area contributed by atoms with Crippen molar-refractivity contribution in [3.63, 3.8) is 0 Å². The minimum absolute atomic E-state index is 0.0224. The lowest BCUT2D eigenvalue weighted by Gasteiger charge is -2.33. The Balaban J connectivity index is 1.38. The van der Waals surface area contributed by atoms with Crippen molar-refractivity contribution in [2.24, 2.45) is 11.3 Å². The van der Waals surface area contributed by atoms with Crippen molar-refractivity contribution in [3.8, 4) is 5.88 Å². The summed E-state index contributed by atoms with van der Waals surface area (Å²) in [5.41, 5.74) is 0.601. The van der Waals surface area contributed by atoms with Gasteiger partial charge in [-0.2, -0.15) is 4.98 Å². The van der Waals surface area contributed by atoms with Crippen molar-refractivity contribution < 1.29 is 19.0 Å². The van der Waals surface area contributed by atoms with Gasteiger partial charge in [-0.3, -0.25) is 4.79 Å². The molecule has 1 atom stereocenters. The Morgan fingerprint density at radius 3 is 2.79 bits per heavy atom. The number of nitrogens with zero attached hydrogens (tertiary/aromatic N) is 3. The second-order valence-electron chi connectivity index (χ2n) is 7.45. The number of hydrogen-bond acceptors (Lipinski definition) is 4. The first-order chi connectivity index (χ1) is 13.5. The zero-order chi connectivity index (χ0) is 19.7. The fraction of sp³-hybridized carbons (Fsp3) is 0.381. The molecule has 0 radical (unpaired) electrons. The van der Waals surface area contributed by atoms with E-state index in [1.807, 2.05) is 12.1 Å². The van der Waals surface area contributed by atoms with Crippen molar-refractivity contribution >= 4 is 17.5 Å². The van der Waals surface area contributed by atoms with Gasteiger partial charge in [0.25, 0.3) is 0 Å². The van der Waals surface area contributed by atoms with Gasteiger partial charge in [0.2, 0.25) is 5.88 Å². The fourth-order valence-electron chi connectivity index (χ4n) is 3.97. The monoisotopic (exact) mass is 381 g/mol. The molecule has 28 heavy (non-hydrogen) atoms. The molecule has 2 aliphatic rings. The topological polar surface area (TPSA) is 67.0 Å². The number of anilines is 1. The highest BCUT2D eigenvalue weighted by Crippen LogP contribution is 2.59. The summed E-state index contributed by atoms with van der Waals surface area (Å²) in [5.74, 6) is -0.159. The molecule has 1 aromatic heterocycles. The number of carbonyl (C=O) groups is 1. The van der Waals surface area contributed by atoms with Gasteiger partial charge >= 0.3 is 5.97 Å².